The average Bonchev–Trinajstić information content (AvgIpc) is 3.22. The molecular weight excluding hydrogens is 530 g/mol. The predicted octanol–water partition coefficient (Wildman–Crippen LogP) is 0.795. The minimum atomic E-state index is -1.22. The van der Waals surface area contributed by atoms with E-state index in [2.05, 4.69) is 16.0 Å². The van der Waals surface area contributed by atoms with E-state index in [1.807, 2.05) is 34.6 Å². The summed E-state index contributed by atoms with van der Waals surface area (Å²) in [7, 11) is 1.41. The second-order valence-electron chi connectivity index (χ2n) is 12.9. The summed E-state index contributed by atoms with van der Waals surface area (Å²) in [5, 5.41) is 8.24. The number of nitrogens with one attached hydrogen (secondary N) is 3. The number of primary amides is 1. The SMILES string of the molecule is COC(C)C(=O)NC(C(=O)N1C[C@H]2[C@@H]([C@H]1C(=O)NC(C[C@@H]1Oc3ccccc3NC1=O)C(N)=O)C2(C)C)C(C)(C)C. The van der Waals surface area contributed by atoms with Crippen LogP contribution < -0.4 is 26.4 Å². The van der Waals surface area contributed by atoms with E-state index < -0.39 is 59.4 Å². The van der Waals surface area contributed by atoms with Crippen molar-refractivity contribution in [3.8, 4) is 5.75 Å². The topological polar surface area (TPSA) is 169 Å². The van der Waals surface area contributed by atoms with Gasteiger partial charge in [-0.3, -0.25) is 24.0 Å². The molecule has 224 valence electrons. The fourth-order valence-electron chi connectivity index (χ4n) is 5.96. The van der Waals surface area contributed by atoms with Crippen molar-refractivity contribution in [2.24, 2.45) is 28.4 Å². The zero-order valence-corrected chi connectivity index (χ0v) is 24.6. The summed E-state index contributed by atoms with van der Waals surface area (Å²) in [6.07, 6.45) is -2.01. The number of hydrogen-bond acceptors (Lipinski definition) is 7. The Morgan fingerprint density at radius 1 is 1.20 bits per heavy atom. The van der Waals surface area contributed by atoms with E-state index in [0.29, 0.717) is 18.0 Å². The highest BCUT2D eigenvalue weighted by molar-refractivity contribution is 5.99. The number of nitrogens with zero attached hydrogens (tertiary/aromatic N) is 1. The maximum Gasteiger partial charge on any atom is 0.265 e. The van der Waals surface area contributed by atoms with Crippen molar-refractivity contribution in [2.45, 2.75) is 78.3 Å². The number of rotatable bonds is 9. The number of carbonyl (C=O) groups excluding carboxylic acids is 5. The molecule has 1 saturated carbocycles. The van der Waals surface area contributed by atoms with Crippen LogP contribution in [0.4, 0.5) is 5.69 Å². The number of ether oxygens (including phenoxy) is 2. The van der Waals surface area contributed by atoms with E-state index in [9.17, 15) is 24.0 Å². The summed E-state index contributed by atoms with van der Waals surface area (Å²) in [6, 6.07) is 3.87. The van der Waals surface area contributed by atoms with Crippen LogP contribution in [-0.4, -0.2) is 78.4 Å². The van der Waals surface area contributed by atoms with Crippen LogP contribution in [0, 0.1) is 22.7 Å². The molecule has 1 saturated heterocycles. The number of fused-ring (bicyclic) bond motifs is 2. The summed E-state index contributed by atoms with van der Waals surface area (Å²) in [6.45, 7) is 11.5. The first-order valence-electron chi connectivity index (χ1n) is 13.9. The molecule has 1 aromatic carbocycles. The summed E-state index contributed by atoms with van der Waals surface area (Å²) in [5.41, 5.74) is 5.31. The van der Waals surface area contributed by atoms with Crippen LogP contribution in [-0.2, 0) is 28.7 Å². The number of para-hydroxylation sites is 2. The van der Waals surface area contributed by atoms with Crippen LogP contribution in [0.3, 0.4) is 0 Å². The second-order valence-corrected chi connectivity index (χ2v) is 12.9. The highest BCUT2D eigenvalue weighted by Crippen LogP contribution is 2.65. The lowest BCUT2D eigenvalue weighted by Gasteiger charge is -2.38. The third-order valence-electron chi connectivity index (χ3n) is 8.70. The van der Waals surface area contributed by atoms with Crippen molar-refractivity contribution >= 4 is 35.2 Å². The zero-order chi connectivity index (χ0) is 30.4. The Balaban J connectivity index is 1.54. The Hall–Kier alpha value is -3.67. The van der Waals surface area contributed by atoms with E-state index in [1.54, 1.807) is 31.2 Å². The molecule has 0 radical (unpaired) electrons. The molecule has 12 heteroatoms. The van der Waals surface area contributed by atoms with Gasteiger partial charge in [-0.05, 0) is 41.7 Å². The van der Waals surface area contributed by atoms with Crippen molar-refractivity contribution in [1.82, 2.24) is 15.5 Å². The summed E-state index contributed by atoms with van der Waals surface area (Å²) in [4.78, 5) is 67.1. The predicted molar refractivity (Wildman–Crippen MR) is 149 cm³/mol. The third kappa shape index (κ3) is 5.88. The molecule has 12 nitrogen and oxygen atoms in total. The number of benzene rings is 1. The van der Waals surface area contributed by atoms with Gasteiger partial charge in [0.2, 0.25) is 23.6 Å². The van der Waals surface area contributed by atoms with E-state index in [1.165, 1.54) is 12.0 Å². The van der Waals surface area contributed by atoms with Crippen LogP contribution >= 0.6 is 0 Å². The van der Waals surface area contributed by atoms with Gasteiger partial charge in [0.05, 0.1) is 5.69 Å². The quantitative estimate of drug-likeness (QED) is 0.340. The first kappa shape index (κ1) is 30.3. The van der Waals surface area contributed by atoms with Crippen molar-refractivity contribution in [2.75, 3.05) is 19.0 Å². The normalized spacial score (nSPS) is 26.3. The lowest BCUT2D eigenvalue weighted by molar-refractivity contribution is -0.147. The third-order valence-corrected chi connectivity index (χ3v) is 8.70. The minimum Gasteiger partial charge on any atom is -0.478 e. The first-order valence-corrected chi connectivity index (χ1v) is 13.9. The lowest BCUT2D eigenvalue weighted by atomic mass is 9.85. The lowest BCUT2D eigenvalue weighted by Crippen LogP contribution is -2.61. The van der Waals surface area contributed by atoms with Gasteiger partial charge in [-0.2, -0.15) is 0 Å². The first-order chi connectivity index (χ1) is 19.1. The molecule has 41 heavy (non-hydrogen) atoms. The van der Waals surface area contributed by atoms with Gasteiger partial charge < -0.3 is 36.1 Å². The molecular formula is C29H41N5O7. The molecule has 0 aromatic heterocycles. The van der Waals surface area contributed by atoms with Crippen LogP contribution in [0.2, 0.25) is 0 Å². The smallest absolute Gasteiger partial charge is 0.265 e. The molecule has 5 N–H and O–H groups in total. The van der Waals surface area contributed by atoms with Crippen molar-refractivity contribution < 1.29 is 33.4 Å². The standard InChI is InChI=1S/C29H41N5O7/c1-14(40-7)24(36)33-22(28(2,3)4)27(39)34-13-15-20(29(15,5)6)21(34)26(38)32-17(23(30)35)12-19-25(37)31-16-10-8-9-11-18(16)41-19/h8-11,14-15,17,19-22H,12-13H2,1-7H3,(H2,30,35)(H,31,37)(H,32,38)(H,33,36)/t14?,15-,17?,19-,20-,21-,22?/m0/s1. The van der Waals surface area contributed by atoms with Gasteiger partial charge in [-0.25, -0.2) is 0 Å². The molecule has 0 bridgehead atoms. The molecule has 0 spiro atoms. The number of likely N-dealkylation sites (tertiary alicyclic amines) is 1. The van der Waals surface area contributed by atoms with E-state index in [0.717, 1.165) is 0 Å². The van der Waals surface area contributed by atoms with Gasteiger partial charge in [0.25, 0.3) is 5.91 Å². The van der Waals surface area contributed by atoms with Gasteiger partial charge in [0.1, 0.15) is 30.0 Å². The van der Waals surface area contributed by atoms with Crippen molar-refractivity contribution in [3.05, 3.63) is 24.3 Å². The second kappa shape index (κ2) is 11.0. The number of piperidine rings is 1. The average molecular weight is 572 g/mol. The fraction of sp³-hybridized carbons (Fsp3) is 0.621. The van der Waals surface area contributed by atoms with Crippen LogP contribution in [0.5, 0.6) is 5.75 Å². The number of hydrogen-bond donors (Lipinski definition) is 4. The number of amides is 5. The van der Waals surface area contributed by atoms with E-state index >= 15 is 0 Å². The van der Waals surface area contributed by atoms with Crippen molar-refractivity contribution in [1.29, 1.82) is 0 Å². The number of methoxy groups -OCH3 is 1. The number of nitrogens with two attached hydrogens (primary N) is 1. The summed E-state index contributed by atoms with van der Waals surface area (Å²) in [5.74, 6) is -2.28. The largest absolute Gasteiger partial charge is 0.478 e. The van der Waals surface area contributed by atoms with Gasteiger partial charge in [-0.1, -0.05) is 46.8 Å². The Bertz CT molecular complexity index is 1240. The molecule has 2 heterocycles. The Morgan fingerprint density at radius 2 is 1.85 bits per heavy atom. The summed E-state index contributed by atoms with van der Waals surface area (Å²) >= 11 is 0. The van der Waals surface area contributed by atoms with Crippen molar-refractivity contribution in [3.63, 3.8) is 0 Å². The van der Waals surface area contributed by atoms with Gasteiger partial charge in [-0.15, -0.1) is 0 Å². The highest BCUT2D eigenvalue weighted by atomic mass is 16.5. The Labute approximate surface area is 240 Å². The maximum atomic E-state index is 14.0. The van der Waals surface area contributed by atoms with Gasteiger partial charge in [0.15, 0.2) is 6.10 Å². The summed E-state index contributed by atoms with van der Waals surface area (Å²) < 4.78 is 10.9. The molecule has 3 unspecified atom stereocenters. The molecule has 2 fully saturated rings. The molecule has 1 aliphatic carbocycles. The van der Waals surface area contributed by atoms with Gasteiger partial charge in [0, 0.05) is 20.1 Å². The maximum absolute atomic E-state index is 14.0. The Kier molecular flexibility index (Phi) is 8.10. The molecule has 3 aliphatic rings. The zero-order valence-electron chi connectivity index (χ0n) is 24.6. The highest BCUT2D eigenvalue weighted by Gasteiger charge is 2.70. The van der Waals surface area contributed by atoms with Gasteiger partial charge >= 0.3 is 0 Å². The molecule has 5 amide bonds. The van der Waals surface area contributed by atoms with E-state index in [4.69, 9.17) is 15.2 Å². The minimum absolute atomic E-state index is 0.0763. The van der Waals surface area contributed by atoms with Crippen LogP contribution in [0.1, 0.15) is 48.0 Å². The van der Waals surface area contributed by atoms with Crippen LogP contribution in [0.15, 0.2) is 24.3 Å². The van der Waals surface area contributed by atoms with E-state index in [-0.39, 0.29) is 29.6 Å². The molecule has 4 rings (SSSR count). The number of anilines is 1. The number of carbonyl (C=O) groups is 5. The van der Waals surface area contributed by atoms with Crippen LogP contribution in [0.25, 0.3) is 0 Å². The molecule has 7 atom stereocenters. The molecule has 2 aliphatic heterocycles. The fourth-order valence-corrected chi connectivity index (χ4v) is 5.96. The molecule has 1 aromatic rings. The Morgan fingerprint density at radius 3 is 2.46 bits per heavy atom. The monoisotopic (exact) mass is 571 g/mol.